The van der Waals surface area contributed by atoms with Crippen molar-refractivity contribution in [1.29, 1.82) is 0 Å². The van der Waals surface area contributed by atoms with Gasteiger partial charge in [0.05, 0.1) is 12.1 Å². The van der Waals surface area contributed by atoms with Crippen molar-refractivity contribution in [2.45, 2.75) is 25.2 Å². The molecule has 0 bridgehead atoms. The molecule has 2 aromatic carbocycles. The van der Waals surface area contributed by atoms with Crippen LogP contribution in [0.2, 0.25) is 0 Å². The summed E-state index contributed by atoms with van der Waals surface area (Å²) in [6.07, 6.45) is 4.10. The van der Waals surface area contributed by atoms with Crippen LogP contribution in [-0.2, 0) is 11.2 Å². The first-order valence-electron chi connectivity index (χ1n) is 9.92. The van der Waals surface area contributed by atoms with E-state index in [1.807, 2.05) is 30.3 Å². The van der Waals surface area contributed by atoms with E-state index in [9.17, 15) is 13.6 Å². The number of carbonyl (C=O) groups is 1. The zero-order chi connectivity index (χ0) is 20.9. The van der Waals surface area contributed by atoms with Gasteiger partial charge >= 0.3 is 0 Å². The Hall–Kier alpha value is -3.22. The number of piperidine rings is 1. The van der Waals surface area contributed by atoms with Gasteiger partial charge in [-0.2, -0.15) is 0 Å². The Morgan fingerprint density at radius 1 is 1.20 bits per heavy atom. The summed E-state index contributed by atoms with van der Waals surface area (Å²) in [6, 6.07) is 13.0. The second kappa shape index (κ2) is 9.07. The van der Waals surface area contributed by atoms with E-state index in [-0.39, 0.29) is 24.2 Å². The molecule has 4 rings (SSSR count). The highest BCUT2D eigenvalue weighted by Crippen LogP contribution is 2.27. The molecule has 0 aliphatic carbocycles. The molecule has 30 heavy (non-hydrogen) atoms. The minimum atomic E-state index is -0.829. The third kappa shape index (κ3) is 4.84. The smallest absolute Gasteiger partial charge is 0.260 e. The van der Waals surface area contributed by atoms with Gasteiger partial charge in [-0.25, -0.2) is 13.8 Å². The number of likely N-dealkylation sites (tertiary alicyclic amines) is 1. The van der Waals surface area contributed by atoms with Crippen LogP contribution in [0.1, 0.15) is 36.0 Å². The Morgan fingerprint density at radius 3 is 2.83 bits per heavy atom. The third-order valence-electron chi connectivity index (χ3n) is 5.16. The summed E-state index contributed by atoms with van der Waals surface area (Å²) in [5.74, 6) is -0.489. The van der Waals surface area contributed by atoms with E-state index >= 15 is 0 Å². The molecule has 1 atom stereocenters. The number of hydrogen-bond donors (Lipinski definition) is 0. The quantitative estimate of drug-likeness (QED) is 0.605. The summed E-state index contributed by atoms with van der Waals surface area (Å²) in [5.41, 5.74) is 1.14. The molecule has 3 aromatic rings. The first-order valence-corrected chi connectivity index (χ1v) is 9.92. The van der Waals surface area contributed by atoms with Crippen molar-refractivity contribution in [1.82, 2.24) is 9.88 Å². The number of oxazole rings is 1. The summed E-state index contributed by atoms with van der Waals surface area (Å²) in [4.78, 5) is 18.6. The van der Waals surface area contributed by atoms with Crippen molar-refractivity contribution >= 4 is 5.91 Å². The lowest BCUT2D eigenvalue weighted by atomic mass is 9.98. The van der Waals surface area contributed by atoms with Crippen molar-refractivity contribution in [2.24, 2.45) is 0 Å². The SMILES string of the molecule is O=C(COc1ccc(F)cc1F)N1CCCC(c2ncc(Cc3ccccc3)o2)C1. The van der Waals surface area contributed by atoms with Gasteiger partial charge in [0, 0.05) is 25.6 Å². The van der Waals surface area contributed by atoms with Crippen molar-refractivity contribution in [3.05, 3.63) is 83.6 Å². The van der Waals surface area contributed by atoms with Gasteiger partial charge in [0.25, 0.3) is 5.91 Å². The summed E-state index contributed by atoms with van der Waals surface area (Å²) >= 11 is 0. The molecule has 0 saturated carbocycles. The molecule has 1 aromatic heterocycles. The molecule has 1 amide bonds. The maximum atomic E-state index is 13.7. The number of halogens is 2. The van der Waals surface area contributed by atoms with Crippen LogP contribution in [-0.4, -0.2) is 35.5 Å². The Bertz CT molecular complexity index is 1010. The second-order valence-electron chi connectivity index (χ2n) is 7.37. The van der Waals surface area contributed by atoms with E-state index in [1.54, 1.807) is 11.1 Å². The summed E-state index contributed by atoms with van der Waals surface area (Å²) < 4.78 is 37.8. The third-order valence-corrected chi connectivity index (χ3v) is 5.16. The topological polar surface area (TPSA) is 55.6 Å². The van der Waals surface area contributed by atoms with Gasteiger partial charge < -0.3 is 14.1 Å². The number of amides is 1. The van der Waals surface area contributed by atoms with Gasteiger partial charge in [-0.05, 0) is 30.5 Å². The van der Waals surface area contributed by atoms with Gasteiger partial charge in [-0.15, -0.1) is 0 Å². The molecular weight excluding hydrogens is 390 g/mol. The lowest BCUT2D eigenvalue weighted by Gasteiger charge is -2.31. The van der Waals surface area contributed by atoms with Crippen LogP contribution in [0.5, 0.6) is 5.75 Å². The fourth-order valence-electron chi connectivity index (χ4n) is 3.62. The molecule has 5 nitrogen and oxygen atoms in total. The Labute approximate surface area is 173 Å². The molecule has 1 aliphatic rings. The van der Waals surface area contributed by atoms with E-state index in [1.165, 1.54) is 6.07 Å². The normalized spacial score (nSPS) is 16.5. The number of rotatable bonds is 6. The molecular formula is C23H22F2N2O3. The number of benzene rings is 2. The van der Waals surface area contributed by atoms with Crippen LogP contribution in [0.25, 0.3) is 0 Å². The van der Waals surface area contributed by atoms with E-state index < -0.39 is 11.6 Å². The van der Waals surface area contributed by atoms with Gasteiger partial charge in [-0.1, -0.05) is 30.3 Å². The monoisotopic (exact) mass is 412 g/mol. The highest BCUT2D eigenvalue weighted by molar-refractivity contribution is 5.78. The van der Waals surface area contributed by atoms with Crippen LogP contribution < -0.4 is 4.74 Å². The van der Waals surface area contributed by atoms with Crippen LogP contribution in [0, 0.1) is 11.6 Å². The minimum absolute atomic E-state index is 0.00906. The number of hydrogen-bond acceptors (Lipinski definition) is 4. The highest BCUT2D eigenvalue weighted by atomic mass is 19.1. The molecule has 0 spiro atoms. The van der Waals surface area contributed by atoms with E-state index in [2.05, 4.69) is 4.98 Å². The summed E-state index contributed by atoms with van der Waals surface area (Å²) in [7, 11) is 0. The van der Waals surface area contributed by atoms with Crippen molar-refractivity contribution in [3.8, 4) is 5.75 Å². The predicted octanol–water partition coefficient (Wildman–Crippen LogP) is 4.33. The number of ether oxygens (including phenoxy) is 1. The average Bonchev–Trinajstić information content (AvgIpc) is 3.22. The Balaban J connectivity index is 1.34. The molecule has 1 unspecified atom stereocenters. The molecule has 0 N–H and O–H groups in total. The first kappa shape index (κ1) is 20.1. The lowest BCUT2D eigenvalue weighted by Crippen LogP contribution is -2.41. The predicted molar refractivity (Wildman–Crippen MR) is 106 cm³/mol. The largest absolute Gasteiger partial charge is 0.481 e. The zero-order valence-corrected chi connectivity index (χ0v) is 16.4. The fourth-order valence-corrected chi connectivity index (χ4v) is 3.62. The lowest BCUT2D eigenvalue weighted by molar-refractivity contribution is -0.134. The maximum absolute atomic E-state index is 13.7. The number of aromatic nitrogens is 1. The molecule has 1 aliphatic heterocycles. The summed E-state index contributed by atoms with van der Waals surface area (Å²) in [5, 5.41) is 0. The number of nitrogens with zero attached hydrogens (tertiary/aromatic N) is 2. The van der Waals surface area contributed by atoms with Crippen LogP contribution in [0.4, 0.5) is 8.78 Å². The average molecular weight is 412 g/mol. The highest BCUT2D eigenvalue weighted by Gasteiger charge is 2.28. The Morgan fingerprint density at radius 2 is 2.03 bits per heavy atom. The molecule has 7 heteroatoms. The molecule has 0 radical (unpaired) electrons. The minimum Gasteiger partial charge on any atom is -0.481 e. The van der Waals surface area contributed by atoms with Crippen LogP contribution >= 0.6 is 0 Å². The van der Waals surface area contributed by atoms with Gasteiger partial charge in [-0.3, -0.25) is 4.79 Å². The molecule has 2 heterocycles. The first-order chi connectivity index (χ1) is 14.6. The van der Waals surface area contributed by atoms with Gasteiger partial charge in [0.2, 0.25) is 0 Å². The molecule has 156 valence electrons. The Kier molecular flexibility index (Phi) is 6.07. The molecule has 1 saturated heterocycles. The molecule has 1 fully saturated rings. The zero-order valence-electron chi connectivity index (χ0n) is 16.4. The van der Waals surface area contributed by atoms with Gasteiger partial charge in [0.15, 0.2) is 24.1 Å². The van der Waals surface area contributed by atoms with E-state index in [0.717, 1.165) is 36.3 Å². The van der Waals surface area contributed by atoms with Crippen molar-refractivity contribution in [2.75, 3.05) is 19.7 Å². The van der Waals surface area contributed by atoms with E-state index in [4.69, 9.17) is 9.15 Å². The maximum Gasteiger partial charge on any atom is 0.260 e. The standard InChI is InChI=1S/C23H22F2N2O3/c24-18-8-9-21(20(25)12-18)29-15-22(28)27-10-4-7-17(14-27)23-26-13-19(30-23)11-16-5-2-1-3-6-16/h1-3,5-6,8-9,12-13,17H,4,7,10-11,14-15H2. The van der Waals surface area contributed by atoms with Crippen LogP contribution in [0.3, 0.4) is 0 Å². The van der Waals surface area contributed by atoms with E-state index in [0.29, 0.717) is 25.4 Å². The van der Waals surface area contributed by atoms with Crippen molar-refractivity contribution in [3.63, 3.8) is 0 Å². The van der Waals surface area contributed by atoms with Crippen LogP contribution in [0.15, 0.2) is 59.1 Å². The summed E-state index contributed by atoms with van der Waals surface area (Å²) in [6.45, 7) is 0.766. The fraction of sp³-hybridized carbons (Fsp3) is 0.304. The van der Waals surface area contributed by atoms with Gasteiger partial charge in [0.1, 0.15) is 11.6 Å². The number of carbonyl (C=O) groups excluding carboxylic acids is 1. The second-order valence-corrected chi connectivity index (χ2v) is 7.37. The van der Waals surface area contributed by atoms with Crippen molar-refractivity contribution < 1.29 is 22.7 Å².